The zero-order valence-electron chi connectivity index (χ0n) is 10.8. The van der Waals surface area contributed by atoms with Gasteiger partial charge in [0, 0.05) is 19.0 Å². The van der Waals surface area contributed by atoms with Gasteiger partial charge in [0.05, 0.1) is 0 Å². The number of nitrogens with one attached hydrogen (secondary N) is 1. The molecule has 1 aliphatic heterocycles. The molecule has 2 rings (SSSR count). The lowest BCUT2D eigenvalue weighted by atomic mass is 9.94. The molecule has 2 aliphatic rings. The van der Waals surface area contributed by atoms with E-state index in [1.807, 2.05) is 0 Å². The molecule has 1 heterocycles. The molecular formula is C13H25ClN2O. The van der Waals surface area contributed by atoms with Crippen molar-refractivity contribution in [2.75, 3.05) is 19.6 Å². The van der Waals surface area contributed by atoms with Crippen LogP contribution in [0.3, 0.4) is 0 Å². The van der Waals surface area contributed by atoms with E-state index in [9.17, 15) is 4.79 Å². The van der Waals surface area contributed by atoms with E-state index in [0.29, 0.717) is 17.9 Å². The van der Waals surface area contributed by atoms with Crippen LogP contribution in [0.1, 0.15) is 45.4 Å². The molecule has 4 heteroatoms. The van der Waals surface area contributed by atoms with Gasteiger partial charge < -0.3 is 10.2 Å². The summed E-state index contributed by atoms with van der Waals surface area (Å²) in [6.07, 6.45) is 6.70. The highest BCUT2D eigenvalue weighted by Gasteiger charge is 2.32. The van der Waals surface area contributed by atoms with Crippen molar-refractivity contribution < 1.29 is 4.79 Å². The maximum atomic E-state index is 12.2. The second kappa shape index (κ2) is 7.22. The van der Waals surface area contributed by atoms with Gasteiger partial charge in [0.25, 0.3) is 0 Å². The summed E-state index contributed by atoms with van der Waals surface area (Å²) >= 11 is 0. The highest BCUT2D eigenvalue weighted by molar-refractivity contribution is 5.85. The number of piperidine rings is 1. The number of halogens is 1. The Morgan fingerprint density at radius 1 is 1.24 bits per heavy atom. The predicted octanol–water partition coefficient (Wildman–Crippen LogP) is 2.20. The van der Waals surface area contributed by atoms with E-state index in [-0.39, 0.29) is 12.4 Å². The fraction of sp³-hybridized carbons (Fsp3) is 0.923. The molecule has 2 fully saturated rings. The standard InChI is InChI=1S/C13H24N2O.ClH/c1-2-9-15(12-3-4-12)13(16)10-11-5-7-14-8-6-11;/h11-12,14H,2-10H2,1H3;1H. The molecule has 0 aromatic rings. The first-order chi connectivity index (χ1) is 7.81. The number of hydrogen-bond acceptors (Lipinski definition) is 2. The third kappa shape index (κ3) is 4.47. The van der Waals surface area contributed by atoms with Gasteiger partial charge in [-0.05, 0) is 51.1 Å². The van der Waals surface area contributed by atoms with E-state index >= 15 is 0 Å². The van der Waals surface area contributed by atoms with Crippen molar-refractivity contribution >= 4 is 18.3 Å². The van der Waals surface area contributed by atoms with Crippen LogP contribution < -0.4 is 5.32 Å². The van der Waals surface area contributed by atoms with Crippen LogP contribution in [0.25, 0.3) is 0 Å². The Balaban J connectivity index is 0.00000144. The first kappa shape index (κ1) is 14.8. The number of hydrogen-bond donors (Lipinski definition) is 1. The molecule has 1 aliphatic carbocycles. The van der Waals surface area contributed by atoms with E-state index < -0.39 is 0 Å². The molecule has 1 saturated carbocycles. The van der Waals surface area contributed by atoms with Crippen molar-refractivity contribution in [1.82, 2.24) is 10.2 Å². The Kier molecular flexibility index (Phi) is 6.28. The van der Waals surface area contributed by atoms with E-state index in [0.717, 1.165) is 32.5 Å². The van der Waals surface area contributed by atoms with Crippen LogP contribution in [0.4, 0.5) is 0 Å². The third-order valence-electron chi connectivity index (χ3n) is 3.69. The van der Waals surface area contributed by atoms with Gasteiger partial charge in [-0.2, -0.15) is 0 Å². The van der Waals surface area contributed by atoms with Crippen LogP contribution in [-0.2, 0) is 4.79 Å². The molecule has 17 heavy (non-hydrogen) atoms. The molecular weight excluding hydrogens is 236 g/mol. The maximum absolute atomic E-state index is 12.2. The Hall–Kier alpha value is -0.280. The lowest BCUT2D eigenvalue weighted by Crippen LogP contribution is -2.37. The molecule has 0 bridgehead atoms. The molecule has 3 nitrogen and oxygen atoms in total. The van der Waals surface area contributed by atoms with Crippen LogP contribution in [0, 0.1) is 5.92 Å². The number of nitrogens with zero attached hydrogens (tertiary/aromatic N) is 1. The van der Waals surface area contributed by atoms with Gasteiger partial charge in [0.1, 0.15) is 0 Å². The second-order valence-corrected chi connectivity index (χ2v) is 5.22. The Morgan fingerprint density at radius 3 is 2.41 bits per heavy atom. The summed E-state index contributed by atoms with van der Waals surface area (Å²) in [6.45, 7) is 5.31. The molecule has 1 N–H and O–H groups in total. The van der Waals surface area contributed by atoms with E-state index in [2.05, 4.69) is 17.1 Å². The Morgan fingerprint density at radius 2 is 1.88 bits per heavy atom. The zero-order chi connectivity index (χ0) is 11.4. The Bertz CT molecular complexity index is 238. The van der Waals surface area contributed by atoms with Crippen LogP contribution in [0.2, 0.25) is 0 Å². The molecule has 0 radical (unpaired) electrons. The molecule has 0 unspecified atom stereocenters. The minimum Gasteiger partial charge on any atom is -0.340 e. The average molecular weight is 261 g/mol. The van der Waals surface area contributed by atoms with Crippen LogP contribution in [-0.4, -0.2) is 36.5 Å². The molecule has 0 atom stereocenters. The van der Waals surface area contributed by atoms with Gasteiger partial charge in [-0.25, -0.2) is 0 Å². The minimum absolute atomic E-state index is 0. The highest BCUT2D eigenvalue weighted by atomic mass is 35.5. The van der Waals surface area contributed by atoms with Gasteiger partial charge >= 0.3 is 0 Å². The number of amides is 1. The molecule has 0 spiro atoms. The monoisotopic (exact) mass is 260 g/mol. The van der Waals surface area contributed by atoms with E-state index in [4.69, 9.17) is 0 Å². The fourth-order valence-corrected chi connectivity index (χ4v) is 2.59. The minimum atomic E-state index is 0. The summed E-state index contributed by atoms with van der Waals surface area (Å²) in [5.74, 6) is 1.04. The van der Waals surface area contributed by atoms with Crippen LogP contribution >= 0.6 is 12.4 Å². The predicted molar refractivity (Wildman–Crippen MR) is 72.5 cm³/mol. The van der Waals surface area contributed by atoms with Gasteiger partial charge in [0.2, 0.25) is 5.91 Å². The summed E-state index contributed by atoms with van der Waals surface area (Å²) in [5.41, 5.74) is 0. The highest BCUT2D eigenvalue weighted by Crippen LogP contribution is 2.29. The normalized spacial score (nSPS) is 20.8. The van der Waals surface area contributed by atoms with Gasteiger partial charge in [-0.15, -0.1) is 12.4 Å². The first-order valence-corrected chi connectivity index (χ1v) is 6.81. The summed E-state index contributed by atoms with van der Waals surface area (Å²) in [6, 6.07) is 0.592. The number of carbonyl (C=O) groups is 1. The molecule has 0 aromatic carbocycles. The second-order valence-electron chi connectivity index (χ2n) is 5.22. The topological polar surface area (TPSA) is 32.3 Å². The summed E-state index contributed by atoms with van der Waals surface area (Å²) < 4.78 is 0. The largest absolute Gasteiger partial charge is 0.340 e. The van der Waals surface area contributed by atoms with Crippen molar-refractivity contribution in [3.8, 4) is 0 Å². The third-order valence-corrected chi connectivity index (χ3v) is 3.69. The Labute approximate surface area is 111 Å². The van der Waals surface area contributed by atoms with E-state index in [1.165, 1.54) is 25.7 Å². The summed E-state index contributed by atoms with van der Waals surface area (Å²) in [5, 5.41) is 3.35. The smallest absolute Gasteiger partial charge is 0.223 e. The van der Waals surface area contributed by atoms with Crippen molar-refractivity contribution in [3.63, 3.8) is 0 Å². The van der Waals surface area contributed by atoms with E-state index in [1.54, 1.807) is 0 Å². The zero-order valence-corrected chi connectivity index (χ0v) is 11.6. The van der Waals surface area contributed by atoms with Crippen molar-refractivity contribution in [2.45, 2.75) is 51.5 Å². The number of carbonyl (C=O) groups excluding carboxylic acids is 1. The SMILES string of the molecule is CCCN(C(=O)CC1CCNCC1)C1CC1.Cl. The number of rotatable bonds is 5. The molecule has 1 saturated heterocycles. The van der Waals surface area contributed by atoms with Gasteiger partial charge in [0.15, 0.2) is 0 Å². The van der Waals surface area contributed by atoms with Gasteiger partial charge in [-0.1, -0.05) is 6.92 Å². The summed E-state index contributed by atoms with van der Waals surface area (Å²) in [4.78, 5) is 14.3. The molecule has 100 valence electrons. The fourth-order valence-electron chi connectivity index (χ4n) is 2.59. The van der Waals surface area contributed by atoms with Gasteiger partial charge in [-0.3, -0.25) is 4.79 Å². The van der Waals surface area contributed by atoms with Crippen molar-refractivity contribution in [2.24, 2.45) is 5.92 Å². The summed E-state index contributed by atoms with van der Waals surface area (Å²) in [7, 11) is 0. The lowest BCUT2D eigenvalue weighted by Gasteiger charge is -2.27. The molecule has 0 aromatic heterocycles. The van der Waals surface area contributed by atoms with Crippen LogP contribution in [0.5, 0.6) is 0 Å². The van der Waals surface area contributed by atoms with Crippen molar-refractivity contribution in [3.05, 3.63) is 0 Å². The molecule has 1 amide bonds. The maximum Gasteiger partial charge on any atom is 0.223 e. The lowest BCUT2D eigenvalue weighted by molar-refractivity contribution is -0.133. The first-order valence-electron chi connectivity index (χ1n) is 6.81. The average Bonchev–Trinajstić information content (AvgIpc) is 3.11. The van der Waals surface area contributed by atoms with Crippen LogP contribution in [0.15, 0.2) is 0 Å². The van der Waals surface area contributed by atoms with Crippen molar-refractivity contribution in [1.29, 1.82) is 0 Å². The quantitative estimate of drug-likeness (QED) is 0.822.